The van der Waals surface area contributed by atoms with E-state index in [4.69, 9.17) is 9.47 Å². The smallest absolute Gasteiger partial charge is 0.416 e. The van der Waals surface area contributed by atoms with Gasteiger partial charge < -0.3 is 14.6 Å². The molecule has 1 aromatic heterocycles. The van der Waals surface area contributed by atoms with Crippen LogP contribution in [0.25, 0.3) is 33.2 Å². The van der Waals surface area contributed by atoms with Crippen molar-refractivity contribution in [3.05, 3.63) is 71.9 Å². The molecule has 0 saturated carbocycles. The van der Waals surface area contributed by atoms with Crippen LogP contribution in [0.15, 0.2) is 60.8 Å². The first kappa shape index (κ1) is 24.5. The van der Waals surface area contributed by atoms with Gasteiger partial charge in [-0.05, 0) is 35.9 Å². The second-order valence-electron chi connectivity index (χ2n) is 9.66. The van der Waals surface area contributed by atoms with Crippen LogP contribution in [0, 0.1) is 5.92 Å². The van der Waals surface area contributed by atoms with Crippen LogP contribution in [0.2, 0.25) is 0 Å². The molecule has 1 N–H and O–H groups in total. The SMILES string of the molecule is Oc1cc(-c2ccccc2OCCN2CC(CF)C2)c2c3c(cnc2c1)-c1ccc(C(F)(F)F)cc1OC3. The zero-order valence-corrected chi connectivity index (χ0v) is 20.3. The molecule has 5 nitrogen and oxygen atoms in total. The first-order chi connectivity index (χ1) is 18.3. The Hall–Kier alpha value is -3.85. The van der Waals surface area contributed by atoms with Crippen LogP contribution in [-0.2, 0) is 12.8 Å². The van der Waals surface area contributed by atoms with Crippen LogP contribution in [0.4, 0.5) is 17.6 Å². The van der Waals surface area contributed by atoms with Crippen LogP contribution in [-0.4, -0.2) is 47.9 Å². The fourth-order valence-corrected chi connectivity index (χ4v) is 5.22. The minimum atomic E-state index is -4.47. The van der Waals surface area contributed by atoms with Crippen molar-refractivity contribution in [2.75, 3.05) is 32.9 Å². The Morgan fingerprint density at radius 2 is 1.82 bits per heavy atom. The Labute approximate surface area is 216 Å². The van der Waals surface area contributed by atoms with Gasteiger partial charge in [-0.1, -0.05) is 18.2 Å². The van der Waals surface area contributed by atoms with Gasteiger partial charge >= 0.3 is 6.18 Å². The van der Waals surface area contributed by atoms with Crippen LogP contribution < -0.4 is 9.47 Å². The van der Waals surface area contributed by atoms with Gasteiger partial charge in [0, 0.05) is 65.5 Å². The second-order valence-corrected chi connectivity index (χ2v) is 9.66. The summed E-state index contributed by atoms with van der Waals surface area (Å²) in [6.07, 6.45) is -2.87. The molecular formula is C29H24F4N2O3. The van der Waals surface area contributed by atoms with E-state index < -0.39 is 11.7 Å². The quantitative estimate of drug-likeness (QED) is 0.293. The Kier molecular flexibility index (Phi) is 6.10. The summed E-state index contributed by atoms with van der Waals surface area (Å²) in [7, 11) is 0. The number of hydrogen-bond acceptors (Lipinski definition) is 5. The summed E-state index contributed by atoms with van der Waals surface area (Å²) in [5.41, 5.74) is 3.16. The van der Waals surface area contributed by atoms with E-state index in [0.29, 0.717) is 41.1 Å². The van der Waals surface area contributed by atoms with E-state index in [1.807, 2.05) is 24.3 Å². The number of alkyl halides is 4. The van der Waals surface area contributed by atoms with Gasteiger partial charge in [0.1, 0.15) is 30.5 Å². The van der Waals surface area contributed by atoms with Gasteiger partial charge in [-0.25, -0.2) is 0 Å². The first-order valence-electron chi connectivity index (χ1n) is 12.3. The maximum atomic E-state index is 13.2. The molecule has 0 atom stereocenters. The minimum absolute atomic E-state index is 0.0274. The fourth-order valence-electron chi connectivity index (χ4n) is 5.22. The molecule has 1 fully saturated rings. The summed E-state index contributed by atoms with van der Waals surface area (Å²) in [6.45, 7) is 2.29. The number of nitrogens with zero attached hydrogens (tertiary/aromatic N) is 2. The van der Waals surface area contributed by atoms with Gasteiger partial charge in [0.05, 0.1) is 17.8 Å². The third-order valence-corrected chi connectivity index (χ3v) is 7.13. The monoisotopic (exact) mass is 524 g/mol. The molecule has 0 bridgehead atoms. The number of phenols is 1. The number of aromatic hydroxyl groups is 1. The lowest BCUT2D eigenvalue weighted by molar-refractivity contribution is -0.137. The van der Waals surface area contributed by atoms with Gasteiger partial charge in [-0.2, -0.15) is 13.2 Å². The third kappa shape index (κ3) is 4.41. The number of benzene rings is 3. The van der Waals surface area contributed by atoms with Crippen molar-refractivity contribution in [2.45, 2.75) is 12.8 Å². The molecule has 6 rings (SSSR count). The van der Waals surface area contributed by atoms with E-state index in [9.17, 15) is 22.7 Å². The number of hydrogen-bond donors (Lipinski definition) is 1. The number of phenolic OH excluding ortho intramolecular Hbond substituents is 1. The second kappa shape index (κ2) is 9.47. The molecule has 3 heterocycles. The molecule has 196 valence electrons. The van der Waals surface area contributed by atoms with Crippen LogP contribution in [0.5, 0.6) is 17.2 Å². The number of ether oxygens (including phenoxy) is 2. The fraction of sp³-hybridized carbons (Fsp3) is 0.276. The summed E-state index contributed by atoms with van der Waals surface area (Å²) >= 11 is 0. The lowest BCUT2D eigenvalue weighted by atomic mass is 9.90. The molecule has 1 saturated heterocycles. The molecule has 4 aromatic rings. The zero-order chi connectivity index (χ0) is 26.4. The van der Waals surface area contributed by atoms with Crippen LogP contribution in [0.3, 0.4) is 0 Å². The molecule has 38 heavy (non-hydrogen) atoms. The summed E-state index contributed by atoms with van der Waals surface area (Å²) in [6, 6.07) is 14.1. The van der Waals surface area contributed by atoms with E-state index in [0.717, 1.165) is 41.7 Å². The van der Waals surface area contributed by atoms with Crippen molar-refractivity contribution in [1.82, 2.24) is 9.88 Å². The predicted molar refractivity (Wildman–Crippen MR) is 135 cm³/mol. The minimum Gasteiger partial charge on any atom is -0.508 e. The van der Waals surface area contributed by atoms with Gasteiger partial charge in [0.25, 0.3) is 0 Å². The standard InChI is InChI=1S/C29H24F4N2O3/c30-12-17-14-35(15-17)7-8-37-26-4-2-1-3-20(26)22-10-19(36)11-25-28(22)24-16-38-27-9-18(29(31,32)33)5-6-21(27)23(24)13-34-25/h1-6,9-11,13,17,36H,7-8,12,14-16H2. The molecular weight excluding hydrogens is 500 g/mol. The summed E-state index contributed by atoms with van der Waals surface area (Å²) in [5, 5.41) is 11.2. The number of pyridine rings is 1. The molecule has 9 heteroatoms. The molecule has 2 aliphatic heterocycles. The highest BCUT2D eigenvalue weighted by molar-refractivity contribution is 6.02. The van der Waals surface area contributed by atoms with Gasteiger partial charge in [0.15, 0.2) is 0 Å². The van der Waals surface area contributed by atoms with Crippen molar-refractivity contribution in [1.29, 1.82) is 0 Å². The largest absolute Gasteiger partial charge is 0.508 e. The Morgan fingerprint density at radius 3 is 2.61 bits per heavy atom. The number of para-hydroxylation sites is 1. The number of rotatable bonds is 6. The first-order valence-corrected chi connectivity index (χ1v) is 12.3. The summed E-state index contributed by atoms with van der Waals surface area (Å²) in [5.74, 6) is 0.900. The maximum Gasteiger partial charge on any atom is 0.416 e. The third-order valence-electron chi connectivity index (χ3n) is 7.13. The van der Waals surface area contributed by atoms with E-state index in [-0.39, 0.29) is 30.7 Å². The highest BCUT2D eigenvalue weighted by Gasteiger charge is 2.33. The molecule has 0 spiro atoms. The Morgan fingerprint density at radius 1 is 1.00 bits per heavy atom. The van der Waals surface area contributed by atoms with E-state index in [2.05, 4.69) is 9.88 Å². The lowest BCUT2D eigenvalue weighted by Crippen LogP contribution is -2.49. The Bertz CT molecular complexity index is 1520. The number of aromatic nitrogens is 1. The van der Waals surface area contributed by atoms with E-state index in [1.54, 1.807) is 18.3 Å². The topological polar surface area (TPSA) is 54.8 Å². The highest BCUT2D eigenvalue weighted by atomic mass is 19.4. The van der Waals surface area contributed by atoms with Crippen molar-refractivity contribution in [2.24, 2.45) is 5.92 Å². The molecule has 0 amide bonds. The van der Waals surface area contributed by atoms with Crippen LogP contribution >= 0.6 is 0 Å². The van der Waals surface area contributed by atoms with Gasteiger partial charge in [-0.3, -0.25) is 14.3 Å². The number of likely N-dealkylation sites (tertiary alicyclic amines) is 1. The molecule has 0 unspecified atom stereocenters. The average Bonchev–Trinajstić information content (AvgIpc) is 2.88. The number of fused-ring (bicyclic) bond motifs is 5. The van der Waals surface area contributed by atoms with Gasteiger partial charge in [0.2, 0.25) is 0 Å². The normalized spacial score (nSPS) is 15.5. The lowest BCUT2D eigenvalue weighted by Gasteiger charge is -2.37. The van der Waals surface area contributed by atoms with Crippen molar-refractivity contribution >= 4 is 10.9 Å². The van der Waals surface area contributed by atoms with Crippen molar-refractivity contribution in [3.8, 4) is 39.5 Å². The molecule has 0 radical (unpaired) electrons. The summed E-state index contributed by atoms with van der Waals surface area (Å²) in [4.78, 5) is 6.68. The maximum absolute atomic E-state index is 13.2. The molecule has 2 aliphatic rings. The zero-order valence-electron chi connectivity index (χ0n) is 20.3. The van der Waals surface area contributed by atoms with Gasteiger partial charge in [-0.15, -0.1) is 0 Å². The average molecular weight is 525 g/mol. The van der Waals surface area contributed by atoms with Crippen LogP contribution in [0.1, 0.15) is 11.1 Å². The van der Waals surface area contributed by atoms with E-state index >= 15 is 0 Å². The number of halogens is 4. The van der Waals surface area contributed by atoms with Crippen molar-refractivity contribution < 1.29 is 32.1 Å². The Balaban J connectivity index is 1.40. The van der Waals surface area contributed by atoms with Crippen molar-refractivity contribution in [3.63, 3.8) is 0 Å². The molecule has 3 aromatic carbocycles. The molecule has 0 aliphatic carbocycles. The predicted octanol–water partition coefficient (Wildman–Crippen LogP) is 6.47. The summed E-state index contributed by atoms with van der Waals surface area (Å²) < 4.78 is 64.4. The van der Waals surface area contributed by atoms with E-state index in [1.165, 1.54) is 6.07 Å². The highest BCUT2D eigenvalue weighted by Crippen LogP contribution is 2.46.